The summed E-state index contributed by atoms with van der Waals surface area (Å²) in [7, 11) is 0. The molecular formula is C15H14N2O2. The van der Waals surface area contributed by atoms with Crippen molar-refractivity contribution in [3.8, 4) is 0 Å². The molecule has 1 aliphatic heterocycles. The van der Waals surface area contributed by atoms with E-state index in [9.17, 15) is 9.59 Å². The third kappa shape index (κ3) is 1.95. The van der Waals surface area contributed by atoms with Crippen LogP contribution in [0.15, 0.2) is 41.3 Å². The van der Waals surface area contributed by atoms with Crippen LogP contribution in [-0.2, 0) is 6.42 Å². The van der Waals surface area contributed by atoms with Gasteiger partial charge in [0.25, 0.3) is 5.91 Å². The number of hydrogen-bond donors (Lipinski definition) is 1. The Morgan fingerprint density at radius 2 is 2.16 bits per heavy atom. The zero-order valence-electron chi connectivity index (χ0n) is 10.6. The summed E-state index contributed by atoms with van der Waals surface area (Å²) in [5.41, 5.74) is 3.57. The van der Waals surface area contributed by atoms with Crippen molar-refractivity contribution < 1.29 is 4.79 Å². The van der Waals surface area contributed by atoms with Crippen LogP contribution < -0.4 is 10.5 Å². The van der Waals surface area contributed by atoms with Crippen molar-refractivity contribution in [1.82, 2.24) is 4.98 Å². The van der Waals surface area contributed by atoms with Crippen LogP contribution in [0.5, 0.6) is 0 Å². The minimum absolute atomic E-state index is 0.115. The van der Waals surface area contributed by atoms with Gasteiger partial charge in [-0.1, -0.05) is 12.1 Å². The lowest BCUT2D eigenvalue weighted by atomic mass is 10.1. The van der Waals surface area contributed by atoms with E-state index in [-0.39, 0.29) is 11.5 Å². The normalized spacial score (nSPS) is 13.4. The number of benzene rings is 1. The lowest BCUT2D eigenvalue weighted by molar-refractivity contribution is 0.0989. The van der Waals surface area contributed by atoms with E-state index in [2.05, 4.69) is 18.0 Å². The topological polar surface area (TPSA) is 53.2 Å². The first-order chi connectivity index (χ1) is 9.16. The third-order valence-electron chi connectivity index (χ3n) is 3.53. The summed E-state index contributed by atoms with van der Waals surface area (Å²) < 4.78 is 0. The van der Waals surface area contributed by atoms with Crippen molar-refractivity contribution in [3.63, 3.8) is 0 Å². The molecule has 0 unspecified atom stereocenters. The van der Waals surface area contributed by atoms with Gasteiger partial charge >= 0.3 is 0 Å². The maximum absolute atomic E-state index is 12.4. The molecule has 19 heavy (non-hydrogen) atoms. The highest BCUT2D eigenvalue weighted by molar-refractivity contribution is 6.07. The number of pyridine rings is 1. The van der Waals surface area contributed by atoms with Gasteiger partial charge in [-0.05, 0) is 36.6 Å². The van der Waals surface area contributed by atoms with Crippen LogP contribution in [-0.4, -0.2) is 17.4 Å². The fourth-order valence-electron chi connectivity index (χ4n) is 2.55. The van der Waals surface area contributed by atoms with E-state index in [0.29, 0.717) is 12.1 Å². The summed E-state index contributed by atoms with van der Waals surface area (Å²) in [6.45, 7) is 2.73. The molecule has 0 bridgehead atoms. The predicted molar refractivity (Wildman–Crippen MR) is 73.6 cm³/mol. The van der Waals surface area contributed by atoms with Gasteiger partial charge in [0.15, 0.2) is 0 Å². The Morgan fingerprint density at radius 1 is 1.32 bits per heavy atom. The molecule has 2 aromatic rings. The van der Waals surface area contributed by atoms with Crippen molar-refractivity contribution in [2.24, 2.45) is 0 Å². The van der Waals surface area contributed by atoms with Crippen LogP contribution in [0.2, 0.25) is 0 Å². The van der Waals surface area contributed by atoms with Crippen LogP contribution in [0.1, 0.15) is 21.5 Å². The van der Waals surface area contributed by atoms with E-state index < -0.39 is 0 Å². The highest BCUT2D eigenvalue weighted by atomic mass is 16.2. The Kier molecular flexibility index (Phi) is 2.71. The fraction of sp³-hybridized carbons (Fsp3) is 0.200. The van der Waals surface area contributed by atoms with Crippen LogP contribution in [0.25, 0.3) is 0 Å². The molecule has 1 amide bonds. The smallest absolute Gasteiger partial charge is 0.258 e. The van der Waals surface area contributed by atoms with E-state index in [1.807, 2.05) is 12.1 Å². The largest absolute Gasteiger partial charge is 0.329 e. The SMILES string of the molecule is Cc1cccc2c1CCN2C(=O)c1cc[nH]c(=O)c1. The van der Waals surface area contributed by atoms with Crippen LogP contribution in [0.3, 0.4) is 0 Å². The molecular weight excluding hydrogens is 240 g/mol. The zero-order valence-corrected chi connectivity index (χ0v) is 10.6. The number of fused-ring (bicyclic) bond motifs is 1. The second-order valence-corrected chi connectivity index (χ2v) is 4.72. The lowest BCUT2D eigenvalue weighted by Gasteiger charge is -2.17. The maximum Gasteiger partial charge on any atom is 0.258 e. The standard InChI is InChI=1S/C15H14N2O2/c1-10-3-2-4-13-12(10)6-8-17(13)15(19)11-5-7-16-14(18)9-11/h2-5,7,9H,6,8H2,1H3,(H,16,18). The average molecular weight is 254 g/mol. The number of nitrogens with one attached hydrogen (secondary N) is 1. The first-order valence-corrected chi connectivity index (χ1v) is 6.26. The minimum Gasteiger partial charge on any atom is -0.329 e. The molecule has 0 fully saturated rings. The summed E-state index contributed by atoms with van der Waals surface area (Å²) in [4.78, 5) is 28.0. The third-order valence-corrected chi connectivity index (χ3v) is 3.53. The van der Waals surface area contributed by atoms with Crippen molar-refractivity contribution in [3.05, 3.63) is 63.6 Å². The number of rotatable bonds is 1. The van der Waals surface area contributed by atoms with Crippen molar-refractivity contribution in [2.75, 3.05) is 11.4 Å². The Hall–Kier alpha value is -2.36. The van der Waals surface area contributed by atoms with Gasteiger partial charge in [0, 0.05) is 30.1 Å². The van der Waals surface area contributed by atoms with Crippen molar-refractivity contribution in [2.45, 2.75) is 13.3 Å². The summed E-state index contributed by atoms with van der Waals surface area (Å²) >= 11 is 0. The summed E-state index contributed by atoms with van der Waals surface area (Å²) in [6, 6.07) is 8.95. The molecule has 3 rings (SSSR count). The minimum atomic E-state index is -0.255. The van der Waals surface area contributed by atoms with E-state index in [4.69, 9.17) is 0 Å². The van der Waals surface area contributed by atoms with E-state index in [1.54, 1.807) is 11.0 Å². The number of hydrogen-bond acceptors (Lipinski definition) is 2. The molecule has 1 N–H and O–H groups in total. The highest BCUT2D eigenvalue weighted by Crippen LogP contribution is 2.31. The molecule has 1 aromatic carbocycles. The van der Waals surface area contributed by atoms with Crippen LogP contribution in [0, 0.1) is 6.92 Å². The second kappa shape index (κ2) is 4.39. The van der Waals surface area contributed by atoms with Gasteiger partial charge < -0.3 is 9.88 Å². The summed E-state index contributed by atoms with van der Waals surface area (Å²) in [5.74, 6) is -0.115. The molecule has 4 nitrogen and oxygen atoms in total. The highest BCUT2D eigenvalue weighted by Gasteiger charge is 2.26. The number of nitrogens with zero attached hydrogens (tertiary/aromatic N) is 1. The van der Waals surface area contributed by atoms with Crippen molar-refractivity contribution in [1.29, 1.82) is 0 Å². The quantitative estimate of drug-likeness (QED) is 0.844. The second-order valence-electron chi connectivity index (χ2n) is 4.72. The van der Waals surface area contributed by atoms with Gasteiger partial charge in [0.2, 0.25) is 5.56 Å². The van der Waals surface area contributed by atoms with E-state index >= 15 is 0 Å². The Balaban J connectivity index is 2.00. The summed E-state index contributed by atoms with van der Waals surface area (Å²) in [6.07, 6.45) is 2.37. The van der Waals surface area contributed by atoms with Gasteiger partial charge in [-0.25, -0.2) is 0 Å². The molecule has 96 valence electrons. The number of aromatic nitrogens is 1. The van der Waals surface area contributed by atoms with Gasteiger partial charge in [-0.15, -0.1) is 0 Å². The number of aryl methyl sites for hydroxylation is 1. The number of amides is 1. The molecule has 0 saturated carbocycles. The molecule has 4 heteroatoms. The van der Waals surface area contributed by atoms with Gasteiger partial charge in [-0.2, -0.15) is 0 Å². The molecule has 0 saturated heterocycles. The Bertz CT molecular complexity index is 703. The lowest BCUT2D eigenvalue weighted by Crippen LogP contribution is -2.29. The maximum atomic E-state index is 12.4. The molecule has 0 spiro atoms. The van der Waals surface area contributed by atoms with E-state index in [1.165, 1.54) is 23.4 Å². The fourth-order valence-corrected chi connectivity index (χ4v) is 2.55. The number of carbonyl (C=O) groups excluding carboxylic acids is 1. The van der Waals surface area contributed by atoms with Crippen molar-refractivity contribution >= 4 is 11.6 Å². The van der Waals surface area contributed by atoms with Crippen LogP contribution >= 0.6 is 0 Å². The van der Waals surface area contributed by atoms with Gasteiger partial charge in [0.05, 0.1) is 0 Å². The van der Waals surface area contributed by atoms with Crippen LogP contribution in [0.4, 0.5) is 5.69 Å². The molecule has 2 heterocycles. The summed E-state index contributed by atoms with van der Waals surface area (Å²) in [5, 5.41) is 0. The Labute approximate surface area is 110 Å². The molecule has 1 aromatic heterocycles. The molecule has 0 aliphatic carbocycles. The van der Waals surface area contributed by atoms with Gasteiger partial charge in [0.1, 0.15) is 0 Å². The molecule has 1 aliphatic rings. The average Bonchev–Trinajstić information content (AvgIpc) is 2.83. The first-order valence-electron chi connectivity index (χ1n) is 6.26. The first kappa shape index (κ1) is 11.7. The monoisotopic (exact) mass is 254 g/mol. The molecule has 0 radical (unpaired) electrons. The zero-order chi connectivity index (χ0) is 13.4. The van der Waals surface area contributed by atoms with Gasteiger partial charge in [-0.3, -0.25) is 9.59 Å². The molecule has 0 atom stereocenters. The predicted octanol–water partition coefficient (Wildman–Crippen LogP) is 1.89. The number of aromatic amines is 1. The van der Waals surface area contributed by atoms with E-state index in [0.717, 1.165) is 12.1 Å². The Morgan fingerprint density at radius 3 is 2.95 bits per heavy atom. The number of anilines is 1. The number of H-pyrrole nitrogens is 1. The number of carbonyl (C=O) groups is 1.